The van der Waals surface area contributed by atoms with Crippen LogP contribution in [0.3, 0.4) is 0 Å². The Labute approximate surface area is 225 Å². The van der Waals surface area contributed by atoms with Crippen molar-refractivity contribution in [3.8, 4) is 22.2 Å². The maximum Gasteiger partial charge on any atom is 0.259 e. The number of aliphatic hydroxyl groups is 1. The van der Waals surface area contributed by atoms with Crippen molar-refractivity contribution in [1.82, 2.24) is 25.1 Å². The summed E-state index contributed by atoms with van der Waals surface area (Å²) in [5.74, 6) is 2.48. The Kier molecular flexibility index (Phi) is 7.59. The van der Waals surface area contributed by atoms with Crippen molar-refractivity contribution >= 4 is 28.1 Å². The van der Waals surface area contributed by atoms with E-state index in [1.165, 1.54) is 16.9 Å². The molecule has 3 aromatic heterocycles. The van der Waals surface area contributed by atoms with Crippen LogP contribution in [-0.2, 0) is 11.3 Å². The molecule has 0 amide bonds. The Bertz CT molecular complexity index is 1330. The first-order valence-electron chi connectivity index (χ1n) is 13.1. The molecule has 1 aliphatic heterocycles. The van der Waals surface area contributed by atoms with Crippen molar-refractivity contribution in [2.45, 2.75) is 44.4 Å². The first-order chi connectivity index (χ1) is 18.7. The highest BCUT2D eigenvalue weighted by Crippen LogP contribution is 2.32. The normalized spacial score (nSPS) is 20.3. The second-order valence-corrected chi connectivity index (χ2v) is 10.7. The molecular weight excluding hydrogens is 502 g/mol. The molecule has 0 radical (unpaired) electrons. The summed E-state index contributed by atoms with van der Waals surface area (Å²) in [6.45, 7) is 4.18. The zero-order valence-electron chi connectivity index (χ0n) is 21.0. The summed E-state index contributed by atoms with van der Waals surface area (Å²) in [5, 5.41) is 26.0. The summed E-state index contributed by atoms with van der Waals surface area (Å²) in [7, 11) is 0. The molecule has 2 aliphatic rings. The number of thiazole rings is 1. The topological polar surface area (TPSA) is 121 Å². The van der Waals surface area contributed by atoms with Crippen molar-refractivity contribution < 1.29 is 14.3 Å². The lowest BCUT2D eigenvalue weighted by Gasteiger charge is -2.28. The molecule has 38 heavy (non-hydrogen) atoms. The van der Waals surface area contributed by atoms with Gasteiger partial charge in [-0.15, -0.1) is 10.2 Å². The number of ether oxygens (including phenoxy) is 1. The van der Waals surface area contributed by atoms with Crippen LogP contribution < -0.4 is 10.6 Å². The molecule has 4 heterocycles. The number of hydrogen-bond donors (Lipinski definition) is 3. The number of anilines is 3. The second kappa shape index (κ2) is 11.6. The summed E-state index contributed by atoms with van der Waals surface area (Å²) in [4.78, 5) is 12.6. The van der Waals surface area contributed by atoms with Gasteiger partial charge in [0.05, 0.1) is 25.5 Å². The highest BCUT2D eigenvalue weighted by atomic mass is 32.1. The van der Waals surface area contributed by atoms with E-state index in [0.29, 0.717) is 23.0 Å². The molecule has 1 aromatic carbocycles. The van der Waals surface area contributed by atoms with Crippen molar-refractivity contribution in [2.24, 2.45) is 0 Å². The molecule has 2 fully saturated rings. The van der Waals surface area contributed by atoms with Crippen LogP contribution in [0.1, 0.15) is 31.2 Å². The Balaban J connectivity index is 1.19. The van der Waals surface area contributed by atoms with Crippen LogP contribution in [0.5, 0.6) is 0 Å². The molecule has 0 spiro atoms. The highest BCUT2D eigenvalue weighted by Gasteiger charge is 2.21. The maximum absolute atomic E-state index is 9.88. The molecular formula is C27H31N7O3S. The summed E-state index contributed by atoms with van der Waals surface area (Å²) < 4.78 is 11.4. The summed E-state index contributed by atoms with van der Waals surface area (Å²) in [6, 6.07) is 14.2. The number of hydrogen-bond acceptors (Lipinski definition) is 11. The molecule has 198 valence electrons. The molecule has 0 bridgehead atoms. The van der Waals surface area contributed by atoms with Gasteiger partial charge in [-0.1, -0.05) is 29.5 Å². The van der Waals surface area contributed by atoms with Crippen LogP contribution in [0.2, 0.25) is 0 Å². The van der Waals surface area contributed by atoms with Crippen LogP contribution in [-0.4, -0.2) is 68.6 Å². The monoisotopic (exact) mass is 533 g/mol. The molecule has 0 atom stereocenters. The second-order valence-electron chi connectivity index (χ2n) is 9.72. The zero-order chi connectivity index (χ0) is 25.7. The van der Waals surface area contributed by atoms with Crippen LogP contribution in [0.4, 0.5) is 16.8 Å². The van der Waals surface area contributed by atoms with E-state index in [1.54, 1.807) is 6.20 Å². The summed E-state index contributed by atoms with van der Waals surface area (Å²) in [5.41, 5.74) is 2.05. The molecule has 1 saturated heterocycles. The molecule has 4 aromatic rings. The highest BCUT2D eigenvalue weighted by molar-refractivity contribution is 7.18. The Morgan fingerprint density at radius 3 is 2.55 bits per heavy atom. The van der Waals surface area contributed by atoms with E-state index in [2.05, 4.69) is 42.8 Å². The molecule has 1 saturated carbocycles. The maximum atomic E-state index is 9.88. The van der Waals surface area contributed by atoms with Gasteiger partial charge in [0.25, 0.3) is 5.89 Å². The number of nitrogens with one attached hydrogen (secondary N) is 2. The van der Waals surface area contributed by atoms with Gasteiger partial charge in [-0.25, -0.2) is 9.97 Å². The Morgan fingerprint density at radius 2 is 1.74 bits per heavy atom. The zero-order valence-corrected chi connectivity index (χ0v) is 21.9. The van der Waals surface area contributed by atoms with Gasteiger partial charge >= 0.3 is 0 Å². The fourth-order valence-corrected chi connectivity index (χ4v) is 5.57. The number of aromatic nitrogens is 4. The Hall–Kier alpha value is -3.38. The van der Waals surface area contributed by atoms with Crippen molar-refractivity contribution in [3.63, 3.8) is 0 Å². The Morgan fingerprint density at radius 1 is 0.974 bits per heavy atom. The standard InChI is InChI=1S/C27H31N7O3S/c35-21-8-6-20(7-9-21)29-23-14-18(17-34-10-12-36-13-11-34)15-24(30-23)31-27-28-16-22(38-27)26-33-32-25(37-26)19-4-2-1-3-5-19/h1-5,14-16,20-21,35H,6-13,17H2,(H2,28,29,30,31). The predicted octanol–water partition coefficient (Wildman–Crippen LogP) is 4.55. The summed E-state index contributed by atoms with van der Waals surface area (Å²) in [6.07, 6.45) is 5.06. The van der Waals surface area contributed by atoms with Gasteiger partial charge in [-0.3, -0.25) is 4.90 Å². The lowest BCUT2D eigenvalue weighted by molar-refractivity contribution is 0.0342. The third kappa shape index (κ3) is 6.18. The SMILES string of the molecule is OC1CCC(Nc2cc(CN3CCOCC3)cc(Nc3ncc(-c4nnc(-c5ccccc5)o4)s3)n2)CC1. The van der Waals surface area contributed by atoms with Gasteiger partial charge in [0.1, 0.15) is 16.5 Å². The van der Waals surface area contributed by atoms with Crippen LogP contribution in [0.25, 0.3) is 22.2 Å². The average Bonchev–Trinajstić information content (AvgIpc) is 3.61. The fourth-order valence-electron chi connectivity index (χ4n) is 4.82. The predicted molar refractivity (Wildman–Crippen MR) is 146 cm³/mol. The van der Waals surface area contributed by atoms with Crippen LogP contribution >= 0.6 is 11.3 Å². The molecule has 0 unspecified atom stereocenters. The number of benzene rings is 1. The number of rotatable bonds is 8. The molecule has 11 heteroatoms. The average molecular weight is 534 g/mol. The van der Waals surface area contributed by atoms with Gasteiger partial charge < -0.3 is 24.9 Å². The van der Waals surface area contributed by atoms with Gasteiger partial charge in [0.15, 0.2) is 5.13 Å². The number of aliphatic hydroxyl groups excluding tert-OH is 1. The number of pyridine rings is 1. The number of morpholine rings is 1. The van der Waals surface area contributed by atoms with Crippen molar-refractivity contribution in [2.75, 3.05) is 36.9 Å². The quantitative estimate of drug-likeness (QED) is 0.297. The van der Waals surface area contributed by atoms with E-state index in [4.69, 9.17) is 14.1 Å². The van der Waals surface area contributed by atoms with Crippen LogP contribution in [0, 0.1) is 0 Å². The van der Waals surface area contributed by atoms with Crippen molar-refractivity contribution in [1.29, 1.82) is 0 Å². The molecule has 10 nitrogen and oxygen atoms in total. The van der Waals surface area contributed by atoms with Crippen molar-refractivity contribution in [3.05, 3.63) is 54.2 Å². The third-order valence-corrected chi connectivity index (χ3v) is 7.74. The first-order valence-corrected chi connectivity index (χ1v) is 13.9. The lowest BCUT2D eigenvalue weighted by Crippen LogP contribution is -2.35. The molecule has 6 rings (SSSR count). The first kappa shape index (κ1) is 24.9. The van der Waals surface area contributed by atoms with E-state index in [0.717, 1.165) is 80.6 Å². The van der Waals surface area contributed by atoms with Gasteiger partial charge in [0, 0.05) is 31.2 Å². The minimum Gasteiger partial charge on any atom is -0.415 e. The fraction of sp³-hybridized carbons (Fsp3) is 0.407. The van der Waals surface area contributed by atoms with E-state index in [1.807, 2.05) is 30.3 Å². The minimum absolute atomic E-state index is 0.187. The van der Waals surface area contributed by atoms with Gasteiger partial charge in [0.2, 0.25) is 5.89 Å². The largest absolute Gasteiger partial charge is 0.415 e. The smallest absolute Gasteiger partial charge is 0.259 e. The van der Waals surface area contributed by atoms with E-state index < -0.39 is 0 Å². The van der Waals surface area contributed by atoms with E-state index in [-0.39, 0.29) is 6.10 Å². The van der Waals surface area contributed by atoms with E-state index >= 15 is 0 Å². The summed E-state index contributed by atoms with van der Waals surface area (Å²) >= 11 is 1.44. The third-order valence-electron chi connectivity index (χ3n) is 6.84. The van der Waals surface area contributed by atoms with Gasteiger partial charge in [-0.2, -0.15) is 0 Å². The molecule has 1 aliphatic carbocycles. The lowest BCUT2D eigenvalue weighted by atomic mass is 9.93. The van der Waals surface area contributed by atoms with E-state index in [9.17, 15) is 5.11 Å². The number of nitrogens with zero attached hydrogens (tertiary/aromatic N) is 5. The van der Waals surface area contributed by atoms with Gasteiger partial charge in [-0.05, 0) is 55.5 Å². The van der Waals surface area contributed by atoms with Crippen LogP contribution in [0.15, 0.2) is 53.1 Å². The minimum atomic E-state index is -0.187. The molecule has 3 N–H and O–H groups in total.